The molecular weight excluding hydrogens is 682 g/mol. The number of hydrogen-bond acceptors (Lipinski definition) is 11. The van der Waals surface area contributed by atoms with Gasteiger partial charge >= 0.3 is 24.2 Å². The maximum absolute atomic E-state index is 13.3. The molecule has 0 aliphatic rings. The van der Waals surface area contributed by atoms with Gasteiger partial charge in [0.1, 0.15) is 17.0 Å². The Morgan fingerprint density at radius 2 is 1.60 bits per heavy atom. The summed E-state index contributed by atoms with van der Waals surface area (Å²) in [6, 6.07) is 18.8. The highest BCUT2D eigenvalue weighted by molar-refractivity contribution is 6.14. The summed E-state index contributed by atoms with van der Waals surface area (Å²) in [6.45, 7) is 12.2. The second kappa shape index (κ2) is 16.8. The zero-order chi connectivity index (χ0) is 38.9. The molecule has 1 aromatic heterocycles. The molecule has 0 bridgehead atoms. The summed E-state index contributed by atoms with van der Waals surface area (Å²) in [7, 11) is 0. The Hall–Kier alpha value is -6.36. The first-order valence-corrected chi connectivity index (χ1v) is 16.8. The van der Waals surface area contributed by atoms with Crippen molar-refractivity contribution in [3.05, 3.63) is 89.6 Å². The first-order chi connectivity index (χ1) is 25.0. The number of hydrogen-bond donors (Lipinski definition) is 3. The van der Waals surface area contributed by atoms with Crippen LogP contribution in [0.15, 0.2) is 72.9 Å². The first-order valence-electron chi connectivity index (χ1n) is 16.8. The van der Waals surface area contributed by atoms with Crippen LogP contribution in [0.5, 0.6) is 5.75 Å². The van der Waals surface area contributed by atoms with Gasteiger partial charge in [0.15, 0.2) is 11.9 Å². The van der Waals surface area contributed by atoms with E-state index in [-0.39, 0.29) is 18.8 Å². The van der Waals surface area contributed by atoms with E-state index in [1.807, 2.05) is 6.07 Å². The fourth-order valence-corrected chi connectivity index (χ4v) is 5.07. The standard InChI is InChI=1S/C39H43N5O9/c1-8-50-31-22-27(13-12-25(31)17-19-51-35(47)43-28-11-9-10-24(20-28)23-40)32(34(45)46)42-29-14-15-30-26(21-29)16-18-41-33(30)44(36(48)52-38(2,3)4)37(49)53-39(5,6)7/h9-16,18,20-22,32,42H,8,17,19H2,1-7H3,(H,43,47)(H,45,46). The minimum absolute atomic E-state index is 0.0109. The lowest BCUT2D eigenvalue weighted by molar-refractivity contribution is -0.138. The van der Waals surface area contributed by atoms with Crippen LogP contribution in [0.2, 0.25) is 0 Å². The number of pyridine rings is 1. The van der Waals surface area contributed by atoms with Crippen LogP contribution in [0.1, 0.15) is 71.2 Å². The van der Waals surface area contributed by atoms with Crippen molar-refractivity contribution >= 4 is 52.2 Å². The number of carbonyl (C=O) groups excluding carboxylic acids is 3. The molecule has 0 radical (unpaired) electrons. The summed E-state index contributed by atoms with van der Waals surface area (Å²) in [6.07, 6.45) is -0.914. The Labute approximate surface area is 307 Å². The number of nitriles is 1. The smallest absolute Gasteiger partial charge is 0.425 e. The molecule has 0 fully saturated rings. The Balaban J connectivity index is 1.55. The number of aliphatic carboxylic acids is 1. The van der Waals surface area contributed by atoms with Crippen molar-refractivity contribution in [1.82, 2.24) is 4.98 Å². The van der Waals surface area contributed by atoms with Crippen LogP contribution in [0, 0.1) is 11.3 Å². The van der Waals surface area contributed by atoms with Crippen LogP contribution < -0.4 is 20.3 Å². The van der Waals surface area contributed by atoms with E-state index >= 15 is 0 Å². The number of fused-ring (bicyclic) bond motifs is 1. The average molecular weight is 726 g/mol. The zero-order valence-corrected chi connectivity index (χ0v) is 30.7. The number of nitrogens with one attached hydrogen (secondary N) is 2. The predicted molar refractivity (Wildman–Crippen MR) is 198 cm³/mol. The molecule has 4 aromatic rings. The number of carboxylic acids is 1. The molecule has 0 saturated heterocycles. The van der Waals surface area contributed by atoms with Gasteiger partial charge in [-0.1, -0.05) is 18.2 Å². The molecule has 14 nitrogen and oxygen atoms in total. The van der Waals surface area contributed by atoms with Gasteiger partial charge in [-0.05, 0) is 114 Å². The Morgan fingerprint density at radius 3 is 2.23 bits per heavy atom. The fourth-order valence-electron chi connectivity index (χ4n) is 5.07. The van der Waals surface area contributed by atoms with Crippen LogP contribution in [0.25, 0.3) is 10.8 Å². The van der Waals surface area contributed by atoms with Crippen molar-refractivity contribution in [1.29, 1.82) is 5.26 Å². The summed E-state index contributed by atoms with van der Waals surface area (Å²) in [5.41, 5.74) is 0.525. The highest BCUT2D eigenvalue weighted by Crippen LogP contribution is 2.32. The molecule has 53 heavy (non-hydrogen) atoms. The summed E-state index contributed by atoms with van der Waals surface area (Å²) in [5, 5.41) is 25.9. The number of anilines is 3. The Bertz CT molecular complexity index is 2000. The number of carboxylic acid groups (broad SMARTS) is 1. The van der Waals surface area contributed by atoms with E-state index < -0.39 is 41.5 Å². The third-order valence-electron chi connectivity index (χ3n) is 7.23. The maximum Gasteiger partial charge on any atom is 0.425 e. The molecule has 3 N–H and O–H groups in total. The van der Waals surface area contributed by atoms with E-state index in [0.717, 1.165) is 4.90 Å². The Kier molecular flexibility index (Phi) is 12.5. The number of carbonyl (C=O) groups is 4. The quantitative estimate of drug-likeness (QED) is 0.126. The largest absolute Gasteiger partial charge is 0.494 e. The van der Waals surface area contributed by atoms with Crippen molar-refractivity contribution in [2.24, 2.45) is 0 Å². The third-order valence-corrected chi connectivity index (χ3v) is 7.23. The lowest BCUT2D eigenvalue weighted by atomic mass is 10.0. The minimum atomic E-state index is -1.20. The minimum Gasteiger partial charge on any atom is -0.494 e. The topological polar surface area (TPSA) is 189 Å². The summed E-state index contributed by atoms with van der Waals surface area (Å²) < 4.78 is 22.2. The highest BCUT2D eigenvalue weighted by Gasteiger charge is 2.34. The molecule has 0 aliphatic carbocycles. The molecule has 0 spiro atoms. The van der Waals surface area contributed by atoms with Gasteiger partial charge in [0.25, 0.3) is 0 Å². The molecule has 1 heterocycles. The predicted octanol–water partition coefficient (Wildman–Crippen LogP) is 8.21. The van der Waals surface area contributed by atoms with Gasteiger partial charge in [-0.15, -0.1) is 0 Å². The van der Waals surface area contributed by atoms with Gasteiger partial charge in [-0.25, -0.2) is 24.2 Å². The van der Waals surface area contributed by atoms with Crippen molar-refractivity contribution in [3.63, 3.8) is 0 Å². The number of nitrogens with zero attached hydrogens (tertiary/aromatic N) is 3. The maximum atomic E-state index is 13.3. The van der Waals surface area contributed by atoms with Crippen LogP contribution in [-0.2, 0) is 25.4 Å². The summed E-state index contributed by atoms with van der Waals surface area (Å²) >= 11 is 0. The van der Waals surface area contributed by atoms with E-state index in [4.69, 9.17) is 24.2 Å². The second-order valence-corrected chi connectivity index (χ2v) is 13.8. The number of amides is 3. The average Bonchev–Trinajstić information content (AvgIpc) is 3.06. The van der Waals surface area contributed by atoms with Gasteiger partial charge in [0, 0.05) is 29.4 Å². The molecule has 0 aliphatic heterocycles. The zero-order valence-electron chi connectivity index (χ0n) is 30.7. The molecule has 4 rings (SSSR count). The van der Waals surface area contributed by atoms with Gasteiger partial charge < -0.3 is 29.4 Å². The Morgan fingerprint density at radius 1 is 0.906 bits per heavy atom. The molecule has 1 unspecified atom stereocenters. The third kappa shape index (κ3) is 11.1. The van der Waals surface area contributed by atoms with Crippen LogP contribution in [0.3, 0.4) is 0 Å². The molecule has 3 amide bonds. The van der Waals surface area contributed by atoms with Gasteiger partial charge in [-0.3, -0.25) is 5.32 Å². The number of rotatable bonds is 11. The lowest BCUT2D eigenvalue weighted by Crippen LogP contribution is -2.44. The van der Waals surface area contributed by atoms with Crippen LogP contribution in [0.4, 0.5) is 31.6 Å². The highest BCUT2D eigenvalue weighted by atomic mass is 16.6. The van der Waals surface area contributed by atoms with E-state index in [1.54, 1.807) is 109 Å². The van der Waals surface area contributed by atoms with Crippen molar-refractivity contribution in [2.75, 3.05) is 28.7 Å². The second-order valence-electron chi connectivity index (χ2n) is 13.8. The first kappa shape index (κ1) is 39.4. The van der Waals surface area contributed by atoms with Crippen molar-refractivity contribution in [2.45, 2.75) is 72.1 Å². The fraction of sp³-hybridized carbons (Fsp3) is 0.333. The van der Waals surface area contributed by atoms with Crippen LogP contribution in [-0.4, -0.2) is 58.8 Å². The van der Waals surface area contributed by atoms with Gasteiger partial charge in [0.2, 0.25) is 0 Å². The number of imide groups is 1. The normalized spacial score (nSPS) is 11.8. The van der Waals surface area contributed by atoms with E-state index in [0.29, 0.717) is 51.2 Å². The summed E-state index contributed by atoms with van der Waals surface area (Å²) in [4.78, 5) is 56.6. The van der Waals surface area contributed by atoms with E-state index in [9.17, 15) is 24.3 Å². The van der Waals surface area contributed by atoms with Gasteiger partial charge in [-0.2, -0.15) is 10.2 Å². The van der Waals surface area contributed by atoms with Crippen molar-refractivity contribution < 1.29 is 43.2 Å². The number of benzene rings is 3. The van der Waals surface area contributed by atoms with E-state index in [2.05, 4.69) is 15.6 Å². The lowest BCUT2D eigenvalue weighted by Gasteiger charge is -2.28. The number of ether oxygens (including phenoxy) is 4. The number of aromatic nitrogens is 1. The van der Waals surface area contributed by atoms with E-state index in [1.165, 1.54) is 12.3 Å². The summed E-state index contributed by atoms with van der Waals surface area (Å²) in [5.74, 6) is -0.737. The molecule has 1 atom stereocenters. The molecular formula is C39H43N5O9. The molecule has 3 aromatic carbocycles. The monoisotopic (exact) mass is 725 g/mol. The van der Waals surface area contributed by atoms with Crippen molar-refractivity contribution in [3.8, 4) is 11.8 Å². The molecule has 14 heteroatoms. The molecule has 0 saturated carbocycles. The van der Waals surface area contributed by atoms with Gasteiger partial charge in [0.05, 0.1) is 24.8 Å². The molecule has 278 valence electrons. The SMILES string of the molecule is CCOc1cc(C(Nc2ccc3c(N(C(=O)OC(C)(C)C)C(=O)OC(C)(C)C)nccc3c2)C(=O)O)ccc1CCOC(=O)Nc1cccc(C#N)c1. The van der Waals surface area contributed by atoms with Crippen LogP contribution >= 0.6 is 0 Å².